The van der Waals surface area contributed by atoms with Crippen molar-refractivity contribution in [3.8, 4) is 6.07 Å². The summed E-state index contributed by atoms with van der Waals surface area (Å²) in [6, 6.07) is 6.62. The average Bonchev–Trinajstić information content (AvgIpc) is 2.29. The molecule has 1 N–H and O–H groups in total. The Morgan fingerprint density at radius 1 is 1.69 bits per heavy atom. The maximum atomic E-state index is 11.7. The van der Waals surface area contributed by atoms with Crippen LogP contribution in [0.2, 0.25) is 5.02 Å². The van der Waals surface area contributed by atoms with Gasteiger partial charge in [0.1, 0.15) is 6.04 Å². The highest BCUT2D eigenvalue weighted by Crippen LogP contribution is 2.19. The predicted octanol–water partition coefficient (Wildman–Crippen LogP) is 2.98. The Morgan fingerprint density at radius 2 is 2.38 bits per heavy atom. The fourth-order valence-electron chi connectivity index (χ4n) is 1.10. The molecule has 1 aromatic rings. The summed E-state index contributed by atoms with van der Waals surface area (Å²) in [6.07, 6.45) is 0.584. The Hall–Kier alpha value is -0.800. The molecule has 0 heterocycles. The van der Waals surface area contributed by atoms with E-state index in [1.165, 1.54) is 0 Å². The lowest BCUT2D eigenvalue weighted by atomic mass is 10.2. The molecule has 0 aliphatic carbocycles. The van der Waals surface area contributed by atoms with Gasteiger partial charge in [-0.2, -0.15) is 5.26 Å². The zero-order valence-corrected chi connectivity index (χ0v) is 11.5. The van der Waals surface area contributed by atoms with E-state index >= 15 is 0 Å². The Morgan fingerprint density at radius 3 is 2.88 bits per heavy atom. The van der Waals surface area contributed by atoms with E-state index in [-0.39, 0.29) is 5.91 Å². The highest BCUT2D eigenvalue weighted by atomic mass is 127. The fraction of sp³-hybridized carbons (Fsp3) is 0.273. The highest BCUT2D eigenvalue weighted by molar-refractivity contribution is 14.1. The van der Waals surface area contributed by atoms with Crippen LogP contribution in [0.15, 0.2) is 18.2 Å². The van der Waals surface area contributed by atoms with Crippen LogP contribution in [0, 0.1) is 14.9 Å². The average molecular weight is 349 g/mol. The first-order valence-electron chi connectivity index (χ1n) is 4.74. The van der Waals surface area contributed by atoms with Crippen molar-refractivity contribution >= 4 is 40.1 Å². The molecule has 84 valence electrons. The SMILES string of the molecule is CCC(C#N)NC(=O)c1ccc(I)c(Cl)c1. The van der Waals surface area contributed by atoms with Crippen molar-refractivity contribution in [2.75, 3.05) is 0 Å². The molecule has 3 nitrogen and oxygen atoms in total. The molecule has 1 rings (SSSR count). The Kier molecular flexibility index (Phi) is 5.03. The van der Waals surface area contributed by atoms with Crippen molar-refractivity contribution in [2.24, 2.45) is 0 Å². The van der Waals surface area contributed by atoms with Gasteiger partial charge in [0.2, 0.25) is 0 Å². The predicted molar refractivity (Wildman–Crippen MR) is 71.3 cm³/mol. The molecule has 1 atom stereocenters. The monoisotopic (exact) mass is 348 g/mol. The van der Waals surface area contributed by atoms with E-state index in [1.54, 1.807) is 18.2 Å². The zero-order chi connectivity index (χ0) is 12.1. The second-order valence-electron chi connectivity index (χ2n) is 3.19. The van der Waals surface area contributed by atoms with Crippen molar-refractivity contribution in [1.29, 1.82) is 5.26 Å². The van der Waals surface area contributed by atoms with Crippen LogP contribution in [-0.2, 0) is 0 Å². The number of nitrogens with zero attached hydrogens (tertiary/aromatic N) is 1. The number of halogens is 2. The second-order valence-corrected chi connectivity index (χ2v) is 4.76. The number of hydrogen-bond acceptors (Lipinski definition) is 2. The summed E-state index contributed by atoms with van der Waals surface area (Å²) in [5.41, 5.74) is 0.471. The molecule has 1 amide bonds. The third-order valence-electron chi connectivity index (χ3n) is 2.05. The molecule has 0 saturated heterocycles. The van der Waals surface area contributed by atoms with Crippen LogP contribution < -0.4 is 5.32 Å². The number of amides is 1. The molecule has 0 radical (unpaired) electrons. The molecular formula is C11H10ClIN2O. The first-order valence-corrected chi connectivity index (χ1v) is 6.19. The quantitative estimate of drug-likeness (QED) is 0.854. The summed E-state index contributed by atoms with van der Waals surface area (Å²) in [5.74, 6) is -0.272. The van der Waals surface area contributed by atoms with Crippen LogP contribution in [0.5, 0.6) is 0 Å². The molecule has 5 heteroatoms. The van der Waals surface area contributed by atoms with Crippen molar-refractivity contribution in [2.45, 2.75) is 19.4 Å². The van der Waals surface area contributed by atoms with Gasteiger partial charge in [-0.05, 0) is 47.2 Å². The first kappa shape index (κ1) is 13.3. The van der Waals surface area contributed by atoms with Crippen LogP contribution >= 0.6 is 34.2 Å². The summed E-state index contributed by atoms with van der Waals surface area (Å²) in [7, 11) is 0. The minimum absolute atomic E-state index is 0.272. The Bertz CT molecular complexity index is 442. The fourth-order valence-corrected chi connectivity index (χ4v) is 1.62. The molecule has 0 aliphatic heterocycles. The molecular weight excluding hydrogens is 338 g/mol. The minimum atomic E-state index is -0.453. The number of carbonyl (C=O) groups is 1. The van der Waals surface area contributed by atoms with Crippen molar-refractivity contribution < 1.29 is 4.79 Å². The third-order valence-corrected chi connectivity index (χ3v) is 3.62. The van der Waals surface area contributed by atoms with Crippen LogP contribution in [0.25, 0.3) is 0 Å². The van der Waals surface area contributed by atoms with Crippen LogP contribution in [0.3, 0.4) is 0 Å². The van der Waals surface area contributed by atoms with Gasteiger partial charge in [0, 0.05) is 9.13 Å². The van der Waals surface area contributed by atoms with Crippen LogP contribution in [0.1, 0.15) is 23.7 Å². The lowest BCUT2D eigenvalue weighted by Crippen LogP contribution is -2.33. The van der Waals surface area contributed by atoms with Gasteiger partial charge < -0.3 is 5.32 Å². The van der Waals surface area contributed by atoms with Crippen LogP contribution in [0.4, 0.5) is 0 Å². The third kappa shape index (κ3) is 3.35. The lowest BCUT2D eigenvalue weighted by Gasteiger charge is -2.09. The molecule has 0 aliphatic rings. The Balaban J connectivity index is 2.81. The summed E-state index contributed by atoms with van der Waals surface area (Å²) in [6.45, 7) is 1.84. The Labute approximate surface area is 113 Å². The summed E-state index contributed by atoms with van der Waals surface area (Å²) >= 11 is 8.00. The van der Waals surface area contributed by atoms with E-state index in [4.69, 9.17) is 16.9 Å². The van der Waals surface area contributed by atoms with Gasteiger partial charge in [-0.25, -0.2) is 0 Å². The van der Waals surface area contributed by atoms with Gasteiger partial charge in [0.05, 0.1) is 11.1 Å². The number of nitriles is 1. The molecule has 0 saturated carbocycles. The van der Waals surface area contributed by atoms with Crippen molar-refractivity contribution in [3.05, 3.63) is 32.4 Å². The van der Waals surface area contributed by atoms with Gasteiger partial charge in [-0.3, -0.25) is 4.79 Å². The number of benzene rings is 1. The minimum Gasteiger partial charge on any atom is -0.336 e. The normalized spacial score (nSPS) is 11.6. The maximum absolute atomic E-state index is 11.7. The molecule has 0 aromatic heterocycles. The number of hydrogen-bond donors (Lipinski definition) is 1. The topological polar surface area (TPSA) is 52.9 Å². The number of carbonyl (C=O) groups excluding carboxylic acids is 1. The van der Waals surface area contributed by atoms with Gasteiger partial charge >= 0.3 is 0 Å². The molecule has 1 aromatic carbocycles. The smallest absolute Gasteiger partial charge is 0.252 e. The first-order chi connectivity index (χ1) is 7.58. The molecule has 0 spiro atoms. The van der Waals surface area contributed by atoms with E-state index in [0.717, 1.165) is 3.57 Å². The zero-order valence-electron chi connectivity index (χ0n) is 8.63. The van der Waals surface area contributed by atoms with E-state index in [1.807, 2.05) is 13.0 Å². The van der Waals surface area contributed by atoms with E-state index in [0.29, 0.717) is 17.0 Å². The summed E-state index contributed by atoms with van der Waals surface area (Å²) in [5, 5.41) is 11.9. The van der Waals surface area contributed by atoms with Crippen molar-refractivity contribution in [3.63, 3.8) is 0 Å². The molecule has 0 fully saturated rings. The van der Waals surface area contributed by atoms with E-state index in [9.17, 15) is 4.79 Å². The molecule has 16 heavy (non-hydrogen) atoms. The van der Waals surface area contributed by atoms with Gasteiger partial charge in [0.25, 0.3) is 5.91 Å². The summed E-state index contributed by atoms with van der Waals surface area (Å²) in [4.78, 5) is 11.7. The lowest BCUT2D eigenvalue weighted by molar-refractivity contribution is 0.0944. The molecule has 0 bridgehead atoms. The van der Waals surface area contributed by atoms with E-state index < -0.39 is 6.04 Å². The van der Waals surface area contributed by atoms with E-state index in [2.05, 4.69) is 27.9 Å². The molecule has 1 unspecified atom stereocenters. The number of nitrogens with one attached hydrogen (secondary N) is 1. The highest BCUT2D eigenvalue weighted by Gasteiger charge is 2.12. The summed E-state index contributed by atoms with van der Waals surface area (Å²) < 4.78 is 0.892. The van der Waals surface area contributed by atoms with Gasteiger partial charge in [-0.1, -0.05) is 18.5 Å². The van der Waals surface area contributed by atoms with Gasteiger partial charge in [0.15, 0.2) is 0 Å². The second kappa shape index (κ2) is 6.06. The van der Waals surface area contributed by atoms with Crippen LogP contribution in [-0.4, -0.2) is 11.9 Å². The maximum Gasteiger partial charge on any atom is 0.252 e. The number of rotatable bonds is 3. The van der Waals surface area contributed by atoms with Crippen molar-refractivity contribution in [1.82, 2.24) is 5.32 Å². The largest absolute Gasteiger partial charge is 0.336 e. The standard InChI is InChI=1S/C11H10ClIN2O/c1-2-8(6-14)15-11(16)7-3-4-10(13)9(12)5-7/h3-5,8H,2H2,1H3,(H,15,16). The van der Waals surface area contributed by atoms with Gasteiger partial charge in [-0.15, -0.1) is 0 Å².